The number of hydrogen-bond donors (Lipinski definition) is 1. The molecule has 1 N–H and O–H groups in total. The van der Waals surface area contributed by atoms with Crippen molar-refractivity contribution in [3.05, 3.63) is 12.4 Å². The molecule has 0 spiro atoms. The van der Waals surface area contributed by atoms with Crippen LogP contribution >= 0.6 is 0 Å². The van der Waals surface area contributed by atoms with Crippen LogP contribution in [0.1, 0.15) is 19.8 Å². The molecule has 54 valence electrons. The smallest absolute Gasteiger partial charge is 0.0928 e. The van der Waals surface area contributed by atoms with E-state index in [-0.39, 0.29) is 5.83 Å². The number of hydrogen-bond acceptors (Lipinski definition) is 1. The Labute approximate surface area is 56.0 Å². The molecule has 0 aliphatic carbocycles. The van der Waals surface area contributed by atoms with Crippen molar-refractivity contribution in [2.75, 3.05) is 7.05 Å². The molecule has 0 saturated carbocycles. The van der Waals surface area contributed by atoms with Gasteiger partial charge in [-0.25, -0.2) is 4.39 Å². The third-order valence-corrected chi connectivity index (χ3v) is 1.34. The van der Waals surface area contributed by atoms with Gasteiger partial charge in [-0.15, -0.1) is 0 Å². The zero-order valence-electron chi connectivity index (χ0n) is 6.08. The topological polar surface area (TPSA) is 12.0 Å². The van der Waals surface area contributed by atoms with E-state index in [4.69, 9.17) is 0 Å². The first-order chi connectivity index (χ1) is 4.16. The van der Waals surface area contributed by atoms with E-state index in [1.165, 1.54) is 0 Å². The zero-order valence-corrected chi connectivity index (χ0v) is 6.08. The summed E-state index contributed by atoms with van der Waals surface area (Å²) in [7, 11) is 1.87. The van der Waals surface area contributed by atoms with Gasteiger partial charge in [-0.05, 0) is 20.4 Å². The van der Waals surface area contributed by atoms with Gasteiger partial charge in [-0.3, -0.25) is 0 Å². The molecular formula is C7H14FN. The van der Waals surface area contributed by atoms with Crippen LogP contribution in [0, 0.1) is 0 Å². The molecule has 0 aromatic heterocycles. The van der Waals surface area contributed by atoms with Crippen LogP contribution in [0.25, 0.3) is 0 Å². The summed E-state index contributed by atoms with van der Waals surface area (Å²) >= 11 is 0. The van der Waals surface area contributed by atoms with Gasteiger partial charge in [0.1, 0.15) is 0 Å². The summed E-state index contributed by atoms with van der Waals surface area (Å²) in [5, 5.41) is 3.01. The fourth-order valence-corrected chi connectivity index (χ4v) is 0.517. The van der Waals surface area contributed by atoms with Gasteiger partial charge in [0, 0.05) is 12.5 Å². The Bertz CT molecular complexity index is 90.9. The van der Waals surface area contributed by atoms with Crippen molar-refractivity contribution in [3.63, 3.8) is 0 Å². The summed E-state index contributed by atoms with van der Waals surface area (Å²) in [5.74, 6) is -0.225. The normalized spacial score (nSPS) is 13.2. The molecule has 0 radical (unpaired) electrons. The van der Waals surface area contributed by atoms with Gasteiger partial charge in [0.2, 0.25) is 0 Å². The quantitative estimate of drug-likeness (QED) is 0.614. The maximum absolute atomic E-state index is 12.0. The molecule has 0 bridgehead atoms. The predicted molar refractivity (Wildman–Crippen MR) is 38.0 cm³/mol. The van der Waals surface area contributed by atoms with Gasteiger partial charge in [0.05, 0.1) is 5.83 Å². The number of allylic oxidation sites excluding steroid dienone is 1. The molecule has 0 aliphatic heterocycles. The lowest BCUT2D eigenvalue weighted by atomic mass is 10.2. The molecule has 9 heavy (non-hydrogen) atoms. The van der Waals surface area contributed by atoms with Crippen molar-refractivity contribution in [2.45, 2.75) is 25.8 Å². The second-order valence-electron chi connectivity index (χ2n) is 2.25. The van der Waals surface area contributed by atoms with Crippen molar-refractivity contribution in [1.29, 1.82) is 0 Å². The molecular weight excluding hydrogens is 117 g/mol. The van der Waals surface area contributed by atoms with Crippen LogP contribution in [0.2, 0.25) is 0 Å². The van der Waals surface area contributed by atoms with Gasteiger partial charge in [-0.2, -0.15) is 0 Å². The van der Waals surface area contributed by atoms with Crippen molar-refractivity contribution in [3.8, 4) is 0 Å². The van der Waals surface area contributed by atoms with Crippen molar-refractivity contribution < 1.29 is 4.39 Å². The van der Waals surface area contributed by atoms with E-state index < -0.39 is 0 Å². The highest BCUT2D eigenvalue weighted by Crippen LogP contribution is 2.04. The Morgan fingerprint density at radius 1 is 1.78 bits per heavy atom. The summed E-state index contributed by atoms with van der Waals surface area (Å²) in [4.78, 5) is 0. The molecule has 0 saturated heterocycles. The maximum Gasteiger partial charge on any atom is 0.0928 e. The molecule has 0 aromatic carbocycles. The lowest BCUT2D eigenvalue weighted by Gasteiger charge is -2.06. The highest BCUT2D eigenvalue weighted by Gasteiger charge is 1.97. The summed E-state index contributed by atoms with van der Waals surface area (Å²) in [6, 6.07) is 0.387. The van der Waals surface area contributed by atoms with Gasteiger partial charge in [-0.1, -0.05) is 6.58 Å². The van der Waals surface area contributed by atoms with Gasteiger partial charge < -0.3 is 5.32 Å². The summed E-state index contributed by atoms with van der Waals surface area (Å²) in [6.07, 6.45) is 1.30. The summed E-state index contributed by atoms with van der Waals surface area (Å²) < 4.78 is 12.0. The average Bonchev–Trinajstić information content (AvgIpc) is 1.83. The Balaban J connectivity index is 3.16. The molecule has 1 atom stereocenters. The van der Waals surface area contributed by atoms with Crippen LogP contribution in [0.5, 0.6) is 0 Å². The van der Waals surface area contributed by atoms with E-state index in [9.17, 15) is 4.39 Å². The third kappa shape index (κ3) is 5.50. The van der Waals surface area contributed by atoms with Crippen LogP contribution in [-0.2, 0) is 0 Å². The van der Waals surface area contributed by atoms with Crippen molar-refractivity contribution in [2.24, 2.45) is 0 Å². The Morgan fingerprint density at radius 3 is 2.67 bits per heavy atom. The monoisotopic (exact) mass is 131 g/mol. The molecule has 0 heterocycles. The number of rotatable bonds is 4. The fourth-order valence-electron chi connectivity index (χ4n) is 0.517. The largest absolute Gasteiger partial charge is 0.317 e. The van der Waals surface area contributed by atoms with E-state index in [0.717, 1.165) is 6.42 Å². The molecule has 2 heteroatoms. The molecule has 0 fully saturated rings. The Hall–Kier alpha value is -0.370. The Morgan fingerprint density at radius 2 is 2.33 bits per heavy atom. The maximum atomic E-state index is 12.0. The Kier molecular flexibility index (Phi) is 4.32. The van der Waals surface area contributed by atoms with Crippen molar-refractivity contribution >= 4 is 0 Å². The summed E-state index contributed by atoms with van der Waals surface area (Å²) in [5.41, 5.74) is 0. The van der Waals surface area contributed by atoms with Crippen LogP contribution in [-0.4, -0.2) is 13.1 Å². The minimum absolute atomic E-state index is 0.225. The van der Waals surface area contributed by atoms with Crippen LogP contribution in [0.4, 0.5) is 4.39 Å². The molecule has 0 rings (SSSR count). The van der Waals surface area contributed by atoms with E-state index >= 15 is 0 Å². The minimum Gasteiger partial charge on any atom is -0.317 e. The molecule has 0 aliphatic rings. The summed E-state index contributed by atoms with van der Waals surface area (Å²) in [6.45, 7) is 5.18. The van der Waals surface area contributed by atoms with E-state index in [2.05, 4.69) is 11.9 Å². The first-order valence-corrected chi connectivity index (χ1v) is 3.17. The lowest BCUT2D eigenvalue weighted by molar-refractivity contribution is 0.510. The van der Waals surface area contributed by atoms with E-state index in [0.29, 0.717) is 12.5 Å². The van der Waals surface area contributed by atoms with E-state index in [1.54, 1.807) is 0 Å². The van der Waals surface area contributed by atoms with Gasteiger partial charge in [0.25, 0.3) is 0 Å². The zero-order chi connectivity index (χ0) is 7.28. The van der Waals surface area contributed by atoms with Crippen LogP contribution in [0.15, 0.2) is 12.4 Å². The molecule has 1 unspecified atom stereocenters. The van der Waals surface area contributed by atoms with E-state index in [1.807, 2.05) is 14.0 Å². The highest BCUT2D eigenvalue weighted by molar-refractivity contribution is 4.80. The number of halogens is 1. The van der Waals surface area contributed by atoms with Gasteiger partial charge >= 0.3 is 0 Å². The van der Waals surface area contributed by atoms with Crippen LogP contribution < -0.4 is 5.32 Å². The minimum atomic E-state index is -0.225. The van der Waals surface area contributed by atoms with Crippen LogP contribution in [0.3, 0.4) is 0 Å². The number of nitrogens with one attached hydrogen (secondary N) is 1. The average molecular weight is 131 g/mol. The van der Waals surface area contributed by atoms with Crippen molar-refractivity contribution in [1.82, 2.24) is 5.32 Å². The second kappa shape index (κ2) is 4.50. The molecule has 1 nitrogen and oxygen atoms in total. The lowest BCUT2D eigenvalue weighted by Crippen LogP contribution is -2.20. The van der Waals surface area contributed by atoms with Gasteiger partial charge in [0.15, 0.2) is 0 Å². The third-order valence-electron chi connectivity index (χ3n) is 1.34. The SMILES string of the molecule is C=C(F)CCC(C)NC. The fraction of sp³-hybridized carbons (Fsp3) is 0.714. The first kappa shape index (κ1) is 8.63. The molecule has 0 aromatic rings. The molecule has 0 amide bonds. The standard InChI is InChI=1S/C7H14FN/c1-6(8)4-5-7(2)9-3/h7,9H,1,4-5H2,2-3H3. The highest BCUT2D eigenvalue weighted by atomic mass is 19.1. The second-order valence-corrected chi connectivity index (χ2v) is 2.25. The predicted octanol–water partition coefficient (Wildman–Crippen LogP) is 1.86. The first-order valence-electron chi connectivity index (χ1n) is 3.17.